The predicted octanol–water partition coefficient (Wildman–Crippen LogP) is 3.18. The van der Waals surface area contributed by atoms with E-state index in [-0.39, 0.29) is 6.10 Å². The molecule has 1 aliphatic rings. The smallest absolute Gasteiger partial charge is 0.119 e. The van der Waals surface area contributed by atoms with Gasteiger partial charge in [0.05, 0.1) is 0 Å². The molecule has 14 heavy (non-hydrogen) atoms. The van der Waals surface area contributed by atoms with Crippen LogP contribution in [0.4, 0.5) is 0 Å². The van der Waals surface area contributed by atoms with Crippen molar-refractivity contribution in [2.75, 3.05) is 0 Å². The Morgan fingerprint density at radius 3 is 2.93 bits per heavy atom. The van der Waals surface area contributed by atoms with Crippen molar-refractivity contribution in [1.82, 2.24) is 0 Å². The molecule has 0 aromatic carbocycles. The first-order valence-corrected chi connectivity index (χ1v) is 5.76. The largest absolute Gasteiger partial charge is 0.350 e. The summed E-state index contributed by atoms with van der Waals surface area (Å²) < 4.78 is 4.93. The molecule has 0 aliphatic heterocycles. The second kappa shape index (κ2) is 6.23. The summed E-state index contributed by atoms with van der Waals surface area (Å²) in [7, 11) is 2.23. The number of allylic oxidation sites excluding steroid dienone is 2. The molecule has 0 bridgehead atoms. The maximum atomic E-state index is 4.93. The van der Waals surface area contributed by atoms with Gasteiger partial charge in [0, 0.05) is 9.47 Å². The van der Waals surface area contributed by atoms with Crippen molar-refractivity contribution < 1.29 is 4.52 Å². The van der Waals surface area contributed by atoms with Crippen LogP contribution in [0.25, 0.3) is 0 Å². The van der Waals surface area contributed by atoms with Gasteiger partial charge < -0.3 is 4.52 Å². The fraction of sp³-hybridized carbons (Fsp3) is 0.667. The van der Waals surface area contributed by atoms with Gasteiger partial charge in [-0.15, -0.1) is 0 Å². The van der Waals surface area contributed by atoms with Crippen molar-refractivity contribution in [3.05, 3.63) is 12.2 Å². The van der Waals surface area contributed by atoms with Crippen LogP contribution in [-0.4, -0.2) is 6.10 Å². The van der Waals surface area contributed by atoms with E-state index in [1.54, 1.807) is 0 Å². The second-order valence-corrected chi connectivity index (χ2v) is 4.14. The molecule has 0 N–H and O–H groups in total. The molecular formula is C12H19OP. The fourth-order valence-electron chi connectivity index (χ4n) is 1.60. The highest BCUT2D eigenvalue weighted by molar-refractivity contribution is 7.09. The van der Waals surface area contributed by atoms with Crippen LogP contribution >= 0.6 is 9.47 Å². The Labute approximate surface area is 89.6 Å². The van der Waals surface area contributed by atoms with Gasteiger partial charge in [-0.25, -0.2) is 0 Å². The summed E-state index contributed by atoms with van der Waals surface area (Å²) >= 11 is 0. The Morgan fingerprint density at radius 2 is 2.36 bits per heavy atom. The molecule has 0 aromatic rings. The minimum absolute atomic E-state index is 0.00830. The van der Waals surface area contributed by atoms with Gasteiger partial charge in [-0.3, -0.25) is 0 Å². The van der Waals surface area contributed by atoms with Gasteiger partial charge in [-0.1, -0.05) is 31.3 Å². The zero-order chi connectivity index (χ0) is 10.4. The molecule has 1 nitrogen and oxygen atoms in total. The molecule has 0 radical (unpaired) electrons. The third-order valence-corrected chi connectivity index (χ3v) is 3.13. The SMILES string of the molecule is CC[C@@H]1C[C@@H]1C/C=C\C#CC(C)OP. The van der Waals surface area contributed by atoms with Gasteiger partial charge >= 0.3 is 0 Å². The van der Waals surface area contributed by atoms with Gasteiger partial charge in [0.2, 0.25) is 0 Å². The summed E-state index contributed by atoms with van der Waals surface area (Å²) in [5, 5.41) is 0. The Bertz CT molecular complexity index is 249. The monoisotopic (exact) mass is 210 g/mol. The van der Waals surface area contributed by atoms with Gasteiger partial charge in [0.15, 0.2) is 0 Å². The number of hydrogen-bond acceptors (Lipinski definition) is 1. The number of hydrogen-bond donors (Lipinski definition) is 0. The van der Waals surface area contributed by atoms with Gasteiger partial charge in [-0.05, 0) is 37.7 Å². The molecule has 1 rings (SSSR count). The van der Waals surface area contributed by atoms with Crippen molar-refractivity contribution in [3.8, 4) is 11.8 Å². The number of rotatable bonds is 4. The van der Waals surface area contributed by atoms with E-state index in [1.807, 2.05) is 13.0 Å². The molecule has 1 fully saturated rings. The molecule has 0 amide bonds. The first-order valence-electron chi connectivity index (χ1n) is 5.29. The summed E-state index contributed by atoms with van der Waals surface area (Å²) in [6, 6.07) is 0. The van der Waals surface area contributed by atoms with E-state index in [4.69, 9.17) is 4.52 Å². The van der Waals surface area contributed by atoms with E-state index in [0.29, 0.717) is 0 Å². The standard InChI is InChI=1S/C12H19OP/c1-3-11-9-12(11)8-6-4-5-7-10(2)13-14/h4,6,10-12H,3,8-9,14H2,1-2H3/b6-4-/t10?,11-,12+/m1/s1. The van der Waals surface area contributed by atoms with Crippen molar-refractivity contribution in [2.45, 2.75) is 39.2 Å². The Balaban J connectivity index is 2.11. The minimum Gasteiger partial charge on any atom is -0.350 e. The van der Waals surface area contributed by atoms with Crippen LogP contribution in [0.2, 0.25) is 0 Å². The van der Waals surface area contributed by atoms with Crippen molar-refractivity contribution in [1.29, 1.82) is 0 Å². The first-order chi connectivity index (χ1) is 6.77. The van der Waals surface area contributed by atoms with Crippen molar-refractivity contribution >= 4 is 9.47 Å². The van der Waals surface area contributed by atoms with E-state index >= 15 is 0 Å². The Morgan fingerprint density at radius 1 is 1.57 bits per heavy atom. The van der Waals surface area contributed by atoms with Crippen LogP contribution in [0.3, 0.4) is 0 Å². The van der Waals surface area contributed by atoms with Gasteiger partial charge in [-0.2, -0.15) is 0 Å². The summed E-state index contributed by atoms with van der Waals surface area (Å²) in [4.78, 5) is 0. The lowest BCUT2D eigenvalue weighted by atomic mass is 10.2. The van der Waals surface area contributed by atoms with Crippen molar-refractivity contribution in [2.24, 2.45) is 11.8 Å². The quantitative estimate of drug-likeness (QED) is 0.511. The van der Waals surface area contributed by atoms with E-state index in [2.05, 4.69) is 34.3 Å². The molecule has 0 aromatic heterocycles. The van der Waals surface area contributed by atoms with Crippen molar-refractivity contribution in [3.63, 3.8) is 0 Å². The summed E-state index contributed by atoms with van der Waals surface area (Å²) in [6.45, 7) is 4.20. The normalized spacial score (nSPS) is 27.1. The lowest BCUT2D eigenvalue weighted by molar-refractivity contribution is 0.329. The van der Waals surface area contributed by atoms with Crippen LogP contribution in [0, 0.1) is 23.7 Å². The highest BCUT2D eigenvalue weighted by Crippen LogP contribution is 2.43. The maximum Gasteiger partial charge on any atom is 0.119 e. The lowest BCUT2D eigenvalue weighted by Crippen LogP contribution is -1.94. The summed E-state index contributed by atoms with van der Waals surface area (Å²) in [6.07, 6.45) is 8.09. The molecule has 78 valence electrons. The van der Waals surface area contributed by atoms with E-state index in [9.17, 15) is 0 Å². The molecule has 4 atom stereocenters. The predicted molar refractivity (Wildman–Crippen MR) is 63.7 cm³/mol. The van der Waals surface area contributed by atoms with Crippen LogP contribution in [0.15, 0.2) is 12.2 Å². The van der Waals surface area contributed by atoms with Crippen LogP contribution < -0.4 is 0 Å². The zero-order valence-corrected chi connectivity index (χ0v) is 10.1. The maximum absolute atomic E-state index is 4.93. The molecule has 2 heteroatoms. The van der Waals surface area contributed by atoms with E-state index in [0.717, 1.165) is 11.8 Å². The molecule has 2 unspecified atom stereocenters. The Hall–Kier alpha value is -0.310. The van der Waals surface area contributed by atoms with Gasteiger partial charge in [0.1, 0.15) is 6.10 Å². The molecule has 0 saturated heterocycles. The fourth-order valence-corrected chi connectivity index (χ4v) is 1.67. The zero-order valence-electron chi connectivity index (χ0n) is 8.99. The molecule has 0 heterocycles. The minimum atomic E-state index is 0.00830. The molecule has 1 aliphatic carbocycles. The summed E-state index contributed by atoms with van der Waals surface area (Å²) in [5.41, 5.74) is 0. The first kappa shape index (κ1) is 11.8. The highest BCUT2D eigenvalue weighted by Gasteiger charge is 2.33. The van der Waals surface area contributed by atoms with E-state index < -0.39 is 0 Å². The highest BCUT2D eigenvalue weighted by atomic mass is 31.0. The second-order valence-electron chi connectivity index (χ2n) is 3.87. The molecule has 0 spiro atoms. The summed E-state index contributed by atoms with van der Waals surface area (Å²) in [5.74, 6) is 7.88. The Kier molecular flexibility index (Phi) is 5.23. The average molecular weight is 210 g/mol. The third kappa shape index (κ3) is 4.27. The topological polar surface area (TPSA) is 9.23 Å². The lowest BCUT2D eigenvalue weighted by Gasteiger charge is -1.95. The molecular weight excluding hydrogens is 191 g/mol. The molecule has 1 saturated carbocycles. The van der Waals surface area contributed by atoms with Crippen LogP contribution in [0.1, 0.15) is 33.1 Å². The van der Waals surface area contributed by atoms with Crippen LogP contribution in [0.5, 0.6) is 0 Å². The van der Waals surface area contributed by atoms with Gasteiger partial charge in [0.25, 0.3) is 0 Å². The van der Waals surface area contributed by atoms with Crippen LogP contribution in [-0.2, 0) is 4.52 Å². The average Bonchev–Trinajstić information content (AvgIpc) is 2.95. The third-order valence-electron chi connectivity index (χ3n) is 2.72. The van der Waals surface area contributed by atoms with E-state index in [1.165, 1.54) is 19.3 Å².